The minimum atomic E-state index is -4.46. The van der Waals surface area contributed by atoms with Gasteiger partial charge in [0.05, 0.1) is 21.8 Å². The van der Waals surface area contributed by atoms with Crippen LogP contribution in [-0.4, -0.2) is 25.7 Å². The molecular formula is C20H17F3N6OS. The van der Waals surface area contributed by atoms with Crippen LogP contribution in [0.4, 0.5) is 19.1 Å². The third-order valence-electron chi connectivity index (χ3n) is 4.46. The van der Waals surface area contributed by atoms with Gasteiger partial charge in [-0.05, 0) is 51.1 Å². The van der Waals surface area contributed by atoms with E-state index >= 15 is 0 Å². The number of carbonyl (C=O) groups excluding carboxylic acids is 1. The van der Waals surface area contributed by atoms with Crippen LogP contribution in [0, 0.1) is 20.8 Å². The Kier molecular flexibility index (Phi) is 5.13. The maximum absolute atomic E-state index is 13.1. The number of nitrogens with one attached hydrogen (secondary N) is 2. The molecule has 11 heteroatoms. The van der Waals surface area contributed by atoms with E-state index in [9.17, 15) is 18.0 Å². The largest absolute Gasteiger partial charge is 0.416 e. The van der Waals surface area contributed by atoms with Gasteiger partial charge in [-0.25, -0.2) is 14.6 Å². The van der Waals surface area contributed by atoms with E-state index in [4.69, 9.17) is 0 Å². The molecule has 0 bridgehead atoms. The second-order valence-electron chi connectivity index (χ2n) is 6.93. The van der Waals surface area contributed by atoms with Crippen molar-refractivity contribution >= 4 is 33.4 Å². The van der Waals surface area contributed by atoms with Crippen molar-refractivity contribution in [2.75, 3.05) is 5.43 Å². The smallest absolute Gasteiger partial charge is 0.266 e. The fourth-order valence-corrected chi connectivity index (χ4v) is 4.18. The number of thiophene rings is 1. The maximum Gasteiger partial charge on any atom is 0.416 e. The molecule has 3 heterocycles. The van der Waals surface area contributed by atoms with Crippen LogP contribution in [0.3, 0.4) is 0 Å². The molecule has 160 valence electrons. The first-order chi connectivity index (χ1) is 14.6. The van der Waals surface area contributed by atoms with Crippen LogP contribution >= 0.6 is 11.3 Å². The van der Waals surface area contributed by atoms with Crippen molar-refractivity contribution in [1.82, 2.24) is 25.2 Å². The summed E-state index contributed by atoms with van der Waals surface area (Å²) >= 11 is 1.13. The summed E-state index contributed by atoms with van der Waals surface area (Å²) in [6.45, 7) is 5.37. The van der Waals surface area contributed by atoms with E-state index < -0.39 is 17.6 Å². The molecule has 0 aliphatic carbocycles. The van der Waals surface area contributed by atoms with Gasteiger partial charge in [0.1, 0.15) is 4.83 Å². The lowest BCUT2D eigenvalue weighted by Crippen LogP contribution is -2.29. The molecule has 0 spiro atoms. The predicted molar refractivity (Wildman–Crippen MR) is 111 cm³/mol. The van der Waals surface area contributed by atoms with Crippen LogP contribution in [0.5, 0.6) is 0 Å². The first kappa shape index (κ1) is 20.8. The van der Waals surface area contributed by atoms with Gasteiger partial charge in [0.25, 0.3) is 5.91 Å². The minimum Gasteiger partial charge on any atom is -0.266 e. The molecule has 0 saturated carbocycles. The molecule has 1 aromatic carbocycles. The molecule has 3 aromatic heterocycles. The van der Waals surface area contributed by atoms with Gasteiger partial charge in [-0.3, -0.25) is 15.6 Å². The van der Waals surface area contributed by atoms with Crippen LogP contribution in [0.2, 0.25) is 0 Å². The quantitative estimate of drug-likeness (QED) is 0.449. The Hall–Kier alpha value is -3.47. The summed E-state index contributed by atoms with van der Waals surface area (Å²) in [5.74, 6) is -0.155. The number of rotatable bonds is 4. The Morgan fingerprint density at radius 3 is 2.45 bits per heavy atom. The second kappa shape index (κ2) is 7.65. The zero-order chi connectivity index (χ0) is 22.3. The van der Waals surface area contributed by atoms with E-state index in [1.54, 1.807) is 25.1 Å². The fraction of sp³-hybridized carbons (Fsp3) is 0.200. The molecule has 0 atom stereocenters. The van der Waals surface area contributed by atoms with E-state index in [1.165, 1.54) is 10.7 Å². The van der Waals surface area contributed by atoms with Crippen molar-refractivity contribution in [2.24, 2.45) is 0 Å². The van der Waals surface area contributed by atoms with Gasteiger partial charge in [0, 0.05) is 16.8 Å². The Bertz CT molecular complexity index is 1270. The molecular weight excluding hydrogens is 429 g/mol. The molecule has 31 heavy (non-hydrogen) atoms. The number of halogens is 3. The second-order valence-corrected chi connectivity index (χ2v) is 7.96. The summed E-state index contributed by atoms with van der Waals surface area (Å²) < 4.78 is 40.7. The van der Waals surface area contributed by atoms with E-state index in [-0.39, 0.29) is 11.6 Å². The van der Waals surface area contributed by atoms with Gasteiger partial charge in [0.2, 0.25) is 5.95 Å². The van der Waals surface area contributed by atoms with Crippen LogP contribution in [0.25, 0.3) is 15.9 Å². The molecule has 0 radical (unpaired) electrons. The summed E-state index contributed by atoms with van der Waals surface area (Å²) in [6, 6.07) is 8.37. The lowest BCUT2D eigenvalue weighted by Gasteiger charge is -2.09. The summed E-state index contributed by atoms with van der Waals surface area (Å²) in [5, 5.41) is 5.04. The van der Waals surface area contributed by atoms with Gasteiger partial charge in [0.15, 0.2) is 0 Å². The zero-order valence-electron chi connectivity index (χ0n) is 16.7. The molecule has 2 N–H and O–H groups in total. The Labute approximate surface area is 178 Å². The molecule has 0 fully saturated rings. The summed E-state index contributed by atoms with van der Waals surface area (Å²) in [5.41, 5.74) is 6.84. The number of aromatic nitrogens is 4. The number of hydrazine groups is 1. The van der Waals surface area contributed by atoms with Crippen molar-refractivity contribution < 1.29 is 18.0 Å². The minimum absolute atomic E-state index is 0.262. The number of fused-ring (bicyclic) bond motifs is 1. The molecule has 4 aromatic rings. The number of nitrogens with zero attached hydrogens (tertiary/aromatic N) is 4. The number of hydrogen-bond acceptors (Lipinski definition) is 6. The molecule has 4 rings (SSSR count). The lowest BCUT2D eigenvalue weighted by molar-refractivity contribution is -0.137. The number of benzene rings is 1. The van der Waals surface area contributed by atoms with Crippen LogP contribution in [-0.2, 0) is 6.18 Å². The van der Waals surface area contributed by atoms with Crippen molar-refractivity contribution in [1.29, 1.82) is 0 Å². The van der Waals surface area contributed by atoms with E-state index in [2.05, 4.69) is 25.9 Å². The van der Waals surface area contributed by atoms with E-state index in [1.807, 2.05) is 13.8 Å². The van der Waals surface area contributed by atoms with Gasteiger partial charge >= 0.3 is 6.18 Å². The number of carbonyl (C=O) groups is 1. The number of amides is 1. The third kappa shape index (κ3) is 4.22. The van der Waals surface area contributed by atoms with Crippen molar-refractivity contribution in [3.8, 4) is 5.69 Å². The van der Waals surface area contributed by atoms with Crippen LogP contribution in [0.1, 0.15) is 32.3 Å². The van der Waals surface area contributed by atoms with Gasteiger partial charge in [-0.1, -0.05) is 6.07 Å². The monoisotopic (exact) mass is 446 g/mol. The average molecular weight is 446 g/mol. The molecule has 0 saturated heterocycles. The lowest BCUT2D eigenvalue weighted by atomic mass is 10.2. The normalized spacial score (nSPS) is 11.7. The molecule has 0 aliphatic rings. The first-order valence-corrected chi connectivity index (χ1v) is 9.99. The predicted octanol–water partition coefficient (Wildman–Crippen LogP) is 4.58. The topological polar surface area (TPSA) is 84.7 Å². The average Bonchev–Trinajstić information content (AvgIpc) is 3.26. The molecule has 0 aliphatic heterocycles. The fourth-order valence-electron chi connectivity index (χ4n) is 3.10. The SMILES string of the molecule is Cc1cc(C)nc(NNC(=O)c2cc3c(C)nn(-c4cccc(C(F)(F)F)c4)c3s2)n1. The van der Waals surface area contributed by atoms with Crippen LogP contribution < -0.4 is 10.9 Å². The number of aryl methyl sites for hydroxylation is 3. The third-order valence-corrected chi connectivity index (χ3v) is 5.57. The van der Waals surface area contributed by atoms with Crippen LogP contribution in [0.15, 0.2) is 36.4 Å². The molecule has 7 nitrogen and oxygen atoms in total. The van der Waals surface area contributed by atoms with Gasteiger partial charge < -0.3 is 0 Å². The highest BCUT2D eigenvalue weighted by Gasteiger charge is 2.31. The van der Waals surface area contributed by atoms with Crippen molar-refractivity contribution in [3.05, 3.63) is 63.9 Å². The van der Waals surface area contributed by atoms with Gasteiger partial charge in [-0.2, -0.15) is 18.3 Å². The standard InChI is InChI=1S/C20H17F3N6OS/c1-10-7-11(2)25-19(24-10)27-26-17(30)16-9-15-12(3)28-29(18(15)31-16)14-6-4-5-13(8-14)20(21,22)23/h4-9H,1-3H3,(H,26,30)(H,24,25,27). The maximum atomic E-state index is 13.1. The number of anilines is 1. The Morgan fingerprint density at radius 2 is 1.77 bits per heavy atom. The highest BCUT2D eigenvalue weighted by molar-refractivity contribution is 7.20. The van der Waals surface area contributed by atoms with E-state index in [0.29, 0.717) is 20.8 Å². The first-order valence-electron chi connectivity index (χ1n) is 9.17. The molecule has 1 amide bonds. The molecule has 0 unspecified atom stereocenters. The number of alkyl halides is 3. The van der Waals surface area contributed by atoms with Crippen molar-refractivity contribution in [2.45, 2.75) is 26.9 Å². The zero-order valence-corrected chi connectivity index (χ0v) is 17.5. The van der Waals surface area contributed by atoms with E-state index in [0.717, 1.165) is 34.9 Å². The van der Waals surface area contributed by atoms with Gasteiger partial charge in [-0.15, -0.1) is 11.3 Å². The highest BCUT2D eigenvalue weighted by atomic mass is 32.1. The summed E-state index contributed by atoms with van der Waals surface area (Å²) in [4.78, 5) is 21.9. The Balaban J connectivity index is 1.62. The van der Waals surface area contributed by atoms with Crippen molar-refractivity contribution in [3.63, 3.8) is 0 Å². The number of hydrogen-bond donors (Lipinski definition) is 2. The summed E-state index contributed by atoms with van der Waals surface area (Å²) in [6.07, 6.45) is -4.46. The Morgan fingerprint density at radius 1 is 1.06 bits per heavy atom. The highest BCUT2D eigenvalue weighted by Crippen LogP contribution is 2.33. The summed E-state index contributed by atoms with van der Waals surface area (Å²) in [7, 11) is 0.